The number of thioether (sulfide) groups is 1. The lowest BCUT2D eigenvalue weighted by atomic mass is 10.1. The first-order valence-electron chi connectivity index (χ1n) is 6.47. The number of nitrogens with zero attached hydrogens (tertiary/aromatic N) is 1. The van der Waals surface area contributed by atoms with Gasteiger partial charge in [-0.1, -0.05) is 25.2 Å². The number of amides is 1. The van der Waals surface area contributed by atoms with Gasteiger partial charge >= 0.3 is 0 Å². The van der Waals surface area contributed by atoms with Crippen LogP contribution in [0.2, 0.25) is 0 Å². The van der Waals surface area contributed by atoms with E-state index in [2.05, 4.69) is 12.2 Å². The van der Waals surface area contributed by atoms with Gasteiger partial charge in [0.05, 0.1) is 6.54 Å². The lowest BCUT2D eigenvalue weighted by Crippen LogP contribution is -2.37. The fourth-order valence-electron chi connectivity index (χ4n) is 2.01. The highest BCUT2D eigenvalue weighted by atomic mass is 32.2. The molecule has 1 aromatic carbocycles. The van der Waals surface area contributed by atoms with E-state index in [1.807, 2.05) is 29.4 Å². The van der Waals surface area contributed by atoms with E-state index in [0.717, 1.165) is 29.1 Å². The molecule has 0 aliphatic heterocycles. The molecule has 0 aliphatic rings. The fraction of sp³-hybridized carbons (Fsp3) is 0.429. The average molecular weight is 311 g/mol. The first-order chi connectivity index (χ1) is 9.54. The zero-order valence-corrected chi connectivity index (χ0v) is 13.7. The number of anilines is 1. The molecule has 6 heteroatoms. The lowest BCUT2D eigenvalue weighted by Gasteiger charge is -2.26. The number of nitrogens with two attached hydrogens (primary N) is 1. The second-order valence-electron chi connectivity index (χ2n) is 4.31. The van der Waals surface area contributed by atoms with Gasteiger partial charge in [0.25, 0.3) is 0 Å². The molecule has 3 N–H and O–H groups in total. The number of likely N-dealkylation sites (N-methyl/N-ethyl adjacent to an activating group) is 1. The second kappa shape index (κ2) is 8.11. The Bertz CT molecular complexity index is 491. The molecule has 0 saturated carbocycles. The van der Waals surface area contributed by atoms with Crippen molar-refractivity contribution in [3.63, 3.8) is 0 Å². The molecule has 1 aromatic rings. The molecule has 0 aliphatic carbocycles. The van der Waals surface area contributed by atoms with Gasteiger partial charge in [-0.25, -0.2) is 0 Å². The summed E-state index contributed by atoms with van der Waals surface area (Å²) in [5, 5.41) is 2.65. The molecule has 0 atom stereocenters. The lowest BCUT2D eigenvalue weighted by molar-refractivity contribution is -0.119. The Morgan fingerprint density at radius 1 is 1.50 bits per heavy atom. The van der Waals surface area contributed by atoms with Crippen molar-refractivity contribution < 1.29 is 4.79 Å². The van der Waals surface area contributed by atoms with Crippen molar-refractivity contribution in [1.82, 2.24) is 5.32 Å². The van der Waals surface area contributed by atoms with Crippen LogP contribution >= 0.6 is 24.0 Å². The monoisotopic (exact) mass is 311 g/mol. The van der Waals surface area contributed by atoms with Gasteiger partial charge in [0.1, 0.15) is 4.99 Å². The number of carbonyl (C=O) groups is 1. The van der Waals surface area contributed by atoms with Crippen LogP contribution in [-0.2, 0) is 4.79 Å². The summed E-state index contributed by atoms with van der Waals surface area (Å²) in [7, 11) is 1.64. The van der Waals surface area contributed by atoms with E-state index in [-0.39, 0.29) is 5.91 Å². The van der Waals surface area contributed by atoms with Crippen LogP contribution in [0.3, 0.4) is 0 Å². The van der Waals surface area contributed by atoms with Gasteiger partial charge in [0.15, 0.2) is 0 Å². The van der Waals surface area contributed by atoms with Gasteiger partial charge in [0, 0.05) is 29.7 Å². The van der Waals surface area contributed by atoms with Crippen LogP contribution in [0, 0.1) is 0 Å². The summed E-state index contributed by atoms with van der Waals surface area (Å²) in [5.41, 5.74) is 7.66. The second-order valence-corrected chi connectivity index (χ2v) is 5.60. The molecule has 1 rings (SSSR count). The third-order valence-corrected chi connectivity index (χ3v) is 3.90. The van der Waals surface area contributed by atoms with E-state index in [1.54, 1.807) is 18.8 Å². The zero-order valence-electron chi connectivity index (χ0n) is 12.1. The third-order valence-electron chi connectivity index (χ3n) is 2.92. The van der Waals surface area contributed by atoms with E-state index in [0.29, 0.717) is 11.5 Å². The predicted molar refractivity (Wildman–Crippen MR) is 90.7 cm³/mol. The highest BCUT2D eigenvalue weighted by molar-refractivity contribution is 7.98. The molecule has 0 radical (unpaired) electrons. The zero-order chi connectivity index (χ0) is 15.1. The quantitative estimate of drug-likeness (QED) is 0.596. The molecule has 0 spiro atoms. The Balaban J connectivity index is 3.24. The number of benzene rings is 1. The standard InChI is InChI=1S/C14H21N3OS2/c1-4-8-17(9-12(18)16-2)10-6-5-7-11(20-3)13(10)14(15)19/h5-7H,4,8-9H2,1-3H3,(H2,15,19)(H,16,18). The SMILES string of the molecule is CCCN(CC(=O)NC)c1cccc(SC)c1C(N)=S. The van der Waals surface area contributed by atoms with Crippen LogP contribution in [-0.4, -0.2) is 37.3 Å². The smallest absolute Gasteiger partial charge is 0.239 e. The normalized spacial score (nSPS) is 10.2. The predicted octanol–water partition coefficient (Wildman–Crippen LogP) is 2.01. The summed E-state index contributed by atoms with van der Waals surface area (Å²) >= 11 is 6.79. The van der Waals surface area contributed by atoms with Crippen LogP contribution in [0.25, 0.3) is 0 Å². The highest BCUT2D eigenvalue weighted by Gasteiger charge is 2.17. The fourth-order valence-corrected chi connectivity index (χ4v) is 2.92. The van der Waals surface area contributed by atoms with Crippen LogP contribution in [0.15, 0.2) is 23.1 Å². The number of nitrogens with one attached hydrogen (secondary N) is 1. The summed E-state index contributed by atoms with van der Waals surface area (Å²) in [6.07, 6.45) is 2.93. The van der Waals surface area contributed by atoms with E-state index in [9.17, 15) is 4.79 Å². The van der Waals surface area contributed by atoms with Crippen molar-refractivity contribution in [2.24, 2.45) is 5.73 Å². The molecular weight excluding hydrogens is 290 g/mol. The molecule has 0 heterocycles. The van der Waals surface area contributed by atoms with Crippen molar-refractivity contribution in [3.8, 4) is 0 Å². The molecular formula is C14H21N3OS2. The van der Waals surface area contributed by atoms with Crippen LogP contribution < -0.4 is 16.0 Å². The molecule has 0 aromatic heterocycles. The summed E-state index contributed by atoms with van der Waals surface area (Å²) in [4.78, 5) is 15.1. The summed E-state index contributed by atoms with van der Waals surface area (Å²) in [6, 6.07) is 5.93. The van der Waals surface area contributed by atoms with Crippen molar-refractivity contribution in [2.75, 3.05) is 31.3 Å². The number of rotatable bonds is 7. The first kappa shape index (κ1) is 16.8. The molecule has 0 fully saturated rings. The Morgan fingerprint density at radius 3 is 2.70 bits per heavy atom. The highest BCUT2D eigenvalue weighted by Crippen LogP contribution is 2.29. The van der Waals surface area contributed by atoms with Gasteiger partial charge in [-0.05, 0) is 24.8 Å². The third kappa shape index (κ3) is 4.11. The number of hydrogen-bond acceptors (Lipinski definition) is 4. The van der Waals surface area contributed by atoms with Gasteiger partial charge in [0.2, 0.25) is 5.91 Å². The topological polar surface area (TPSA) is 58.4 Å². The molecule has 0 bridgehead atoms. The van der Waals surface area contributed by atoms with Crippen LogP contribution in [0.4, 0.5) is 5.69 Å². The minimum atomic E-state index is -0.0260. The van der Waals surface area contributed by atoms with Crippen LogP contribution in [0.1, 0.15) is 18.9 Å². The molecule has 4 nitrogen and oxygen atoms in total. The summed E-state index contributed by atoms with van der Waals surface area (Å²) in [6.45, 7) is 3.16. The minimum absolute atomic E-state index is 0.0260. The number of thiocarbonyl (C=S) groups is 1. The maximum Gasteiger partial charge on any atom is 0.239 e. The van der Waals surface area contributed by atoms with E-state index in [1.165, 1.54) is 0 Å². The largest absolute Gasteiger partial charge is 0.389 e. The Kier molecular flexibility index (Phi) is 6.81. The van der Waals surface area contributed by atoms with Crippen molar-refractivity contribution >= 4 is 40.6 Å². The minimum Gasteiger partial charge on any atom is -0.389 e. The number of hydrogen-bond donors (Lipinski definition) is 2. The Morgan fingerprint density at radius 2 is 2.20 bits per heavy atom. The molecule has 1 amide bonds. The van der Waals surface area contributed by atoms with Crippen molar-refractivity contribution in [1.29, 1.82) is 0 Å². The van der Waals surface area contributed by atoms with Gasteiger partial charge in [-0.15, -0.1) is 11.8 Å². The van der Waals surface area contributed by atoms with E-state index < -0.39 is 0 Å². The van der Waals surface area contributed by atoms with Gasteiger partial charge in [-0.2, -0.15) is 0 Å². The maximum absolute atomic E-state index is 11.7. The molecule has 110 valence electrons. The molecule has 0 saturated heterocycles. The maximum atomic E-state index is 11.7. The Hall–Kier alpha value is -1.27. The van der Waals surface area contributed by atoms with E-state index in [4.69, 9.17) is 18.0 Å². The molecule has 20 heavy (non-hydrogen) atoms. The Labute approximate surface area is 130 Å². The molecule has 0 unspecified atom stereocenters. The van der Waals surface area contributed by atoms with Gasteiger partial charge < -0.3 is 16.0 Å². The number of carbonyl (C=O) groups excluding carboxylic acids is 1. The first-order valence-corrected chi connectivity index (χ1v) is 8.10. The summed E-state index contributed by atoms with van der Waals surface area (Å²) < 4.78 is 0. The van der Waals surface area contributed by atoms with Crippen molar-refractivity contribution in [3.05, 3.63) is 23.8 Å². The van der Waals surface area contributed by atoms with E-state index >= 15 is 0 Å². The van der Waals surface area contributed by atoms with Crippen molar-refractivity contribution in [2.45, 2.75) is 18.2 Å². The van der Waals surface area contributed by atoms with Crippen LogP contribution in [0.5, 0.6) is 0 Å². The average Bonchev–Trinajstić information content (AvgIpc) is 2.45. The summed E-state index contributed by atoms with van der Waals surface area (Å²) in [5.74, 6) is -0.0260. The van der Waals surface area contributed by atoms with Gasteiger partial charge in [-0.3, -0.25) is 4.79 Å².